The number of hydrogen-bond acceptors (Lipinski definition) is 4. The third-order valence-corrected chi connectivity index (χ3v) is 5.17. The summed E-state index contributed by atoms with van der Waals surface area (Å²) in [6.45, 7) is 0. The van der Waals surface area contributed by atoms with Crippen LogP contribution in [0.5, 0.6) is 0 Å². The average Bonchev–Trinajstić information content (AvgIpc) is 2.89. The number of hydrogen-bond donors (Lipinski definition) is 1. The molecule has 0 fully saturated rings. The van der Waals surface area contributed by atoms with E-state index in [1.807, 2.05) is 0 Å². The van der Waals surface area contributed by atoms with Crippen LogP contribution in [0.25, 0.3) is 0 Å². The minimum Gasteiger partial charge on any atom is -0.472 e. The minimum atomic E-state index is -3.29. The molecule has 4 nitrogen and oxygen atoms in total. The molecule has 0 amide bonds. The minimum absolute atomic E-state index is 0.0638. The first-order valence-electron chi connectivity index (χ1n) is 5.61. The molecule has 18 heavy (non-hydrogen) atoms. The SMILES string of the molecule is O=S1(=O)CCC(O)(c2ccoc2)c2ccccc21. The average molecular weight is 264 g/mol. The molecule has 1 N–H and O–H groups in total. The highest BCUT2D eigenvalue weighted by molar-refractivity contribution is 7.91. The van der Waals surface area contributed by atoms with Crippen LogP contribution in [0, 0.1) is 0 Å². The number of benzene rings is 1. The van der Waals surface area contributed by atoms with Gasteiger partial charge in [-0.05, 0) is 18.6 Å². The summed E-state index contributed by atoms with van der Waals surface area (Å²) in [5, 5.41) is 10.8. The van der Waals surface area contributed by atoms with Crippen LogP contribution in [-0.2, 0) is 15.4 Å². The van der Waals surface area contributed by atoms with Gasteiger partial charge in [0.05, 0.1) is 23.2 Å². The molecular formula is C13H12O4S. The summed E-state index contributed by atoms with van der Waals surface area (Å²) in [6, 6.07) is 8.24. The first kappa shape index (κ1) is 11.5. The van der Waals surface area contributed by atoms with Gasteiger partial charge in [-0.25, -0.2) is 8.42 Å². The summed E-state index contributed by atoms with van der Waals surface area (Å²) in [6.07, 6.45) is 3.07. The van der Waals surface area contributed by atoms with Crippen LogP contribution in [-0.4, -0.2) is 19.3 Å². The maximum absolute atomic E-state index is 12.0. The fourth-order valence-electron chi connectivity index (χ4n) is 2.41. The van der Waals surface area contributed by atoms with Crippen molar-refractivity contribution in [3.8, 4) is 0 Å². The van der Waals surface area contributed by atoms with Crippen LogP contribution in [0.3, 0.4) is 0 Å². The fraction of sp³-hybridized carbons (Fsp3) is 0.231. The molecule has 2 heterocycles. The van der Waals surface area contributed by atoms with Gasteiger partial charge >= 0.3 is 0 Å². The molecule has 5 heteroatoms. The van der Waals surface area contributed by atoms with Crippen molar-refractivity contribution in [3.63, 3.8) is 0 Å². The summed E-state index contributed by atoms with van der Waals surface area (Å²) >= 11 is 0. The van der Waals surface area contributed by atoms with Crippen molar-refractivity contribution in [1.82, 2.24) is 0 Å². The van der Waals surface area contributed by atoms with E-state index in [1.54, 1.807) is 24.3 Å². The van der Waals surface area contributed by atoms with Crippen molar-refractivity contribution >= 4 is 9.84 Å². The molecule has 0 radical (unpaired) electrons. The molecule has 1 aliphatic heterocycles. The Morgan fingerprint density at radius 1 is 1.22 bits per heavy atom. The summed E-state index contributed by atoms with van der Waals surface area (Å²) in [5.74, 6) is -0.0638. The van der Waals surface area contributed by atoms with Gasteiger partial charge in [-0.15, -0.1) is 0 Å². The topological polar surface area (TPSA) is 67.5 Å². The third-order valence-electron chi connectivity index (χ3n) is 3.40. The summed E-state index contributed by atoms with van der Waals surface area (Å²) in [5.41, 5.74) is -0.267. The maximum Gasteiger partial charge on any atom is 0.178 e. The van der Waals surface area contributed by atoms with Crippen molar-refractivity contribution in [1.29, 1.82) is 0 Å². The second-order valence-electron chi connectivity index (χ2n) is 4.44. The lowest BCUT2D eigenvalue weighted by atomic mass is 9.85. The Labute approximate surface area is 105 Å². The van der Waals surface area contributed by atoms with Gasteiger partial charge in [-0.3, -0.25) is 0 Å². The Bertz CT molecular complexity index is 673. The second-order valence-corrected chi connectivity index (χ2v) is 6.51. The zero-order valence-corrected chi connectivity index (χ0v) is 10.4. The molecule has 0 saturated carbocycles. The van der Waals surface area contributed by atoms with Gasteiger partial charge in [-0.2, -0.15) is 0 Å². The summed E-state index contributed by atoms with van der Waals surface area (Å²) in [7, 11) is -3.29. The van der Waals surface area contributed by atoms with E-state index in [1.165, 1.54) is 18.6 Å². The van der Waals surface area contributed by atoms with Crippen molar-refractivity contribution in [2.75, 3.05) is 5.75 Å². The van der Waals surface area contributed by atoms with Gasteiger partial charge < -0.3 is 9.52 Å². The lowest BCUT2D eigenvalue weighted by molar-refractivity contribution is 0.0711. The lowest BCUT2D eigenvalue weighted by Gasteiger charge is -2.33. The first-order chi connectivity index (χ1) is 8.54. The van der Waals surface area contributed by atoms with Gasteiger partial charge in [0.2, 0.25) is 0 Å². The monoisotopic (exact) mass is 264 g/mol. The van der Waals surface area contributed by atoms with E-state index in [4.69, 9.17) is 4.42 Å². The predicted molar refractivity (Wildman–Crippen MR) is 64.8 cm³/mol. The second kappa shape index (κ2) is 3.70. The van der Waals surface area contributed by atoms with E-state index < -0.39 is 15.4 Å². The zero-order chi connectivity index (χ0) is 12.8. The van der Waals surface area contributed by atoms with E-state index in [0.717, 1.165) is 0 Å². The highest BCUT2D eigenvalue weighted by atomic mass is 32.2. The Hall–Kier alpha value is -1.59. The van der Waals surface area contributed by atoms with Crippen LogP contribution >= 0.6 is 0 Å². The molecule has 1 aliphatic rings. The van der Waals surface area contributed by atoms with Gasteiger partial charge in [0.15, 0.2) is 9.84 Å². The van der Waals surface area contributed by atoms with Gasteiger partial charge in [-0.1, -0.05) is 18.2 Å². The van der Waals surface area contributed by atoms with Crippen molar-refractivity contribution < 1.29 is 17.9 Å². The smallest absolute Gasteiger partial charge is 0.178 e. The van der Waals surface area contributed by atoms with E-state index in [9.17, 15) is 13.5 Å². The van der Waals surface area contributed by atoms with Gasteiger partial charge in [0.1, 0.15) is 5.60 Å². The standard InChI is InChI=1S/C13H12O4S/c14-13(10-5-7-17-9-10)6-8-18(15,16)12-4-2-1-3-11(12)13/h1-5,7,9,14H,6,8H2. The van der Waals surface area contributed by atoms with E-state index in [0.29, 0.717) is 11.1 Å². The van der Waals surface area contributed by atoms with E-state index >= 15 is 0 Å². The van der Waals surface area contributed by atoms with Gasteiger partial charge in [0.25, 0.3) is 0 Å². The van der Waals surface area contributed by atoms with Gasteiger partial charge in [0, 0.05) is 11.1 Å². The molecule has 1 unspecified atom stereocenters. The number of rotatable bonds is 1. The molecule has 1 aromatic carbocycles. The van der Waals surface area contributed by atoms with Crippen LogP contribution in [0.2, 0.25) is 0 Å². The van der Waals surface area contributed by atoms with Crippen LogP contribution in [0.15, 0.2) is 52.2 Å². The fourth-order valence-corrected chi connectivity index (χ4v) is 4.05. The van der Waals surface area contributed by atoms with Crippen LogP contribution in [0.1, 0.15) is 17.5 Å². The Morgan fingerprint density at radius 3 is 2.72 bits per heavy atom. The lowest BCUT2D eigenvalue weighted by Crippen LogP contribution is -2.36. The van der Waals surface area contributed by atoms with Crippen LogP contribution < -0.4 is 0 Å². The van der Waals surface area contributed by atoms with Crippen molar-refractivity contribution in [3.05, 3.63) is 54.0 Å². The number of aliphatic hydroxyl groups is 1. The molecule has 1 atom stereocenters. The molecular weight excluding hydrogens is 252 g/mol. The maximum atomic E-state index is 12.0. The number of sulfone groups is 1. The largest absolute Gasteiger partial charge is 0.472 e. The highest BCUT2D eigenvalue weighted by Crippen LogP contribution is 2.41. The molecule has 94 valence electrons. The normalized spacial score (nSPS) is 25.6. The Balaban J connectivity index is 2.28. The summed E-state index contributed by atoms with van der Waals surface area (Å²) < 4.78 is 29.0. The Morgan fingerprint density at radius 2 is 2.00 bits per heavy atom. The molecule has 0 aliphatic carbocycles. The number of fused-ring (bicyclic) bond motifs is 1. The van der Waals surface area contributed by atoms with Crippen molar-refractivity contribution in [2.24, 2.45) is 0 Å². The molecule has 3 rings (SSSR count). The zero-order valence-electron chi connectivity index (χ0n) is 9.54. The summed E-state index contributed by atoms with van der Waals surface area (Å²) in [4.78, 5) is 0.208. The molecule has 0 spiro atoms. The van der Waals surface area contributed by atoms with Crippen LogP contribution in [0.4, 0.5) is 0 Å². The highest BCUT2D eigenvalue weighted by Gasteiger charge is 2.42. The quantitative estimate of drug-likeness (QED) is 0.851. The number of furan rings is 1. The predicted octanol–water partition coefficient (Wildman–Crippen LogP) is 1.69. The molecule has 0 bridgehead atoms. The van der Waals surface area contributed by atoms with E-state index in [2.05, 4.69) is 0 Å². The molecule has 1 aromatic heterocycles. The first-order valence-corrected chi connectivity index (χ1v) is 7.26. The molecule has 2 aromatic rings. The Kier molecular flexibility index (Phi) is 2.36. The molecule has 0 saturated heterocycles. The van der Waals surface area contributed by atoms with Crippen molar-refractivity contribution in [2.45, 2.75) is 16.9 Å². The third kappa shape index (κ3) is 1.51. The van der Waals surface area contributed by atoms with E-state index in [-0.39, 0.29) is 17.1 Å².